The van der Waals surface area contributed by atoms with E-state index in [4.69, 9.17) is 28.7 Å². The van der Waals surface area contributed by atoms with Crippen LogP contribution in [0.25, 0.3) is 22.2 Å². The summed E-state index contributed by atoms with van der Waals surface area (Å²) in [7, 11) is 3.54. The Morgan fingerprint density at radius 3 is 2.15 bits per heavy atom. The van der Waals surface area contributed by atoms with Gasteiger partial charge >= 0.3 is 12.1 Å². The molecule has 1 fully saturated rings. The van der Waals surface area contributed by atoms with Crippen LogP contribution >= 0.6 is 11.8 Å². The van der Waals surface area contributed by atoms with Crippen LogP contribution < -0.4 is 34.6 Å². The SMILES string of the molecule is CCCc1nc2ccc(N(C)CCOc3ccc(NC(=O)COc4ccc(CC5SC(=O)NC5=O)cc4)c(N(C)C(=O)OC(C)(C)C)c3)cc2n1COc1ccc(-c2ccccc2C(=O)OC(C)(C)C)cc1. The first kappa shape index (κ1) is 52.3. The summed E-state index contributed by atoms with van der Waals surface area (Å²) in [5, 5.41) is 4.30. The standard InChI is InChI=1S/C55H62N6O10S/c1-10-13-48-56-44-26-20-37(31-46(44)61(48)34-69-39-23-18-36(19-24-39)41-14-11-12-15-42(41)51(64)70-54(2,3)4)59(8)28-29-67-40-25-27-43(45(32-40)60(9)53(66)71-55(5,6)7)57-49(62)33-68-38-21-16-35(17-22-38)30-47-50(63)58-52(65)72-47/h11-12,14-27,31-32,47H,10,13,28-30,33-34H2,1-9H3,(H,57,62)(H,58,63,65). The minimum Gasteiger partial charge on any atom is -0.492 e. The van der Waals surface area contributed by atoms with E-state index in [9.17, 15) is 24.0 Å². The van der Waals surface area contributed by atoms with Crippen LogP contribution in [0.3, 0.4) is 0 Å². The number of carbonyl (C=O) groups is 5. The lowest BCUT2D eigenvalue weighted by atomic mass is 9.99. The average molecular weight is 999 g/mol. The van der Waals surface area contributed by atoms with Crippen molar-refractivity contribution in [3.05, 3.63) is 126 Å². The molecule has 0 saturated carbocycles. The molecule has 0 radical (unpaired) electrons. The molecule has 2 heterocycles. The number of hydrogen-bond acceptors (Lipinski definition) is 13. The Morgan fingerprint density at radius 1 is 0.792 bits per heavy atom. The van der Waals surface area contributed by atoms with Gasteiger partial charge in [0.05, 0.1) is 39.8 Å². The fourth-order valence-corrected chi connectivity index (χ4v) is 8.57. The molecule has 4 amide bonds. The number of benzene rings is 5. The molecule has 1 aliphatic rings. The number of ether oxygens (including phenoxy) is 5. The number of anilines is 3. The molecule has 7 rings (SSSR count). The van der Waals surface area contributed by atoms with Gasteiger partial charge < -0.3 is 33.9 Å². The molecule has 1 unspecified atom stereocenters. The van der Waals surface area contributed by atoms with Gasteiger partial charge in [-0.25, -0.2) is 14.6 Å². The van der Waals surface area contributed by atoms with Gasteiger partial charge in [0.15, 0.2) is 13.3 Å². The molecular formula is C55H62N6O10S. The molecule has 1 aliphatic heterocycles. The fourth-order valence-electron chi connectivity index (χ4n) is 7.71. The molecule has 17 heteroatoms. The number of rotatable bonds is 19. The van der Waals surface area contributed by atoms with E-state index in [1.54, 1.807) is 76.3 Å². The Morgan fingerprint density at radius 2 is 1.47 bits per heavy atom. The van der Waals surface area contributed by atoms with Gasteiger partial charge in [-0.15, -0.1) is 0 Å². The Bertz CT molecular complexity index is 2920. The lowest BCUT2D eigenvalue weighted by Gasteiger charge is -2.26. The first-order chi connectivity index (χ1) is 34.2. The lowest BCUT2D eigenvalue weighted by Crippen LogP contribution is -2.35. The Hall–Kier alpha value is -7.53. The van der Waals surface area contributed by atoms with Crippen LogP contribution in [0.4, 0.5) is 26.7 Å². The predicted molar refractivity (Wildman–Crippen MR) is 280 cm³/mol. The Labute approximate surface area is 424 Å². The fraction of sp³-hybridized carbons (Fsp3) is 0.345. The highest BCUT2D eigenvalue weighted by molar-refractivity contribution is 8.15. The highest BCUT2D eigenvalue weighted by atomic mass is 32.2. The first-order valence-corrected chi connectivity index (χ1v) is 24.6. The third-order valence-electron chi connectivity index (χ3n) is 11.2. The first-order valence-electron chi connectivity index (χ1n) is 23.8. The minimum absolute atomic E-state index is 0.238. The monoisotopic (exact) mass is 998 g/mol. The van der Waals surface area contributed by atoms with Gasteiger partial charge in [0.2, 0.25) is 5.91 Å². The van der Waals surface area contributed by atoms with E-state index in [1.807, 2.05) is 82.4 Å². The summed E-state index contributed by atoms with van der Waals surface area (Å²) in [5.41, 5.74) is 5.01. The number of imide groups is 1. The molecule has 0 bridgehead atoms. The van der Waals surface area contributed by atoms with Crippen LogP contribution in [0.1, 0.15) is 76.6 Å². The summed E-state index contributed by atoms with van der Waals surface area (Å²) in [6, 6.07) is 33.2. The summed E-state index contributed by atoms with van der Waals surface area (Å²) in [5.74, 6) is 1.34. The number of carbonyl (C=O) groups excluding carboxylic acids is 5. The van der Waals surface area contributed by atoms with Crippen LogP contribution in [0.15, 0.2) is 109 Å². The smallest absolute Gasteiger partial charge is 0.414 e. The van der Waals surface area contributed by atoms with Crippen molar-refractivity contribution >= 4 is 69.0 Å². The van der Waals surface area contributed by atoms with E-state index >= 15 is 0 Å². The number of fused-ring (bicyclic) bond motifs is 1. The van der Waals surface area contributed by atoms with Crippen LogP contribution in [-0.4, -0.2) is 89.0 Å². The molecule has 0 aliphatic carbocycles. The van der Waals surface area contributed by atoms with Gasteiger partial charge in [-0.05, 0) is 132 Å². The van der Waals surface area contributed by atoms with Crippen molar-refractivity contribution in [1.82, 2.24) is 14.9 Å². The number of likely N-dealkylation sites (N-methyl/N-ethyl adjacent to an activating group) is 1. The Balaban J connectivity index is 0.988. The van der Waals surface area contributed by atoms with Gasteiger partial charge in [-0.3, -0.25) is 29.2 Å². The number of aryl methyl sites for hydroxylation is 1. The van der Waals surface area contributed by atoms with Crippen molar-refractivity contribution < 1.29 is 47.7 Å². The van der Waals surface area contributed by atoms with Gasteiger partial charge in [0, 0.05) is 32.3 Å². The second-order valence-electron chi connectivity index (χ2n) is 19.3. The van der Waals surface area contributed by atoms with Crippen molar-refractivity contribution in [3.8, 4) is 28.4 Å². The van der Waals surface area contributed by atoms with Crippen molar-refractivity contribution in [1.29, 1.82) is 0 Å². The number of thioether (sulfide) groups is 1. The maximum absolute atomic E-state index is 13.3. The number of nitrogens with one attached hydrogen (secondary N) is 2. The maximum atomic E-state index is 13.3. The minimum atomic E-state index is -0.769. The normalized spacial score (nSPS) is 13.6. The van der Waals surface area contributed by atoms with Crippen LogP contribution in [-0.2, 0) is 38.6 Å². The van der Waals surface area contributed by atoms with E-state index in [-0.39, 0.29) is 37.1 Å². The van der Waals surface area contributed by atoms with Crippen molar-refractivity contribution in [2.45, 2.75) is 90.9 Å². The molecule has 0 spiro atoms. The number of hydrogen-bond donors (Lipinski definition) is 2. The predicted octanol–water partition coefficient (Wildman–Crippen LogP) is 10.4. The quantitative estimate of drug-likeness (QED) is 0.0733. The highest BCUT2D eigenvalue weighted by Crippen LogP contribution is 2.33. The van der Waals surface area contributed by atoms with Crippen LogP contribution in [0.2, 0.25) is 0 Å². The number of nitrogens with zero attached hydrogens (tertiary/aromatic N) is 4. The average Bonchev–Trinajstić information content (AvgIpc) is 3.85. The van der Waals surface area contributed by atoms with E-state index in [0.29, 0.717) is 47.2 Å². The van der Waals surface area contributed by atoms with Gasteiger partial charge in [-0.2, -0.15) is 0 Å². The van der Waals surface area contributed by atoms with Crippen molar-refractivity contribution in [2.24, 2.45) is 0 Å². The molecule has 16 nitrogen and oxygen atoms in total. The topological polar surface area (TPSA) is 180 Å². The van der Waals surface area contributed by atoms with E-state index < -0.39 is 28.5 Å². The van der Waals surface area contributed by atoms with E-state index in [2.05, 4.69) is 33.1 Å². The van der Waals surface area contributed by atoms with Crippen LogP contribution in [0, 0.1) is 0 Å². The highest BCUT2D eigenvalue weighted by Gasteiger charge is 2.31. The summed E-state index contributed by atoms with van der Waals surface area (Å²) in [4.78, 5) is 71.4. The zero-order chi connectivity index (χ0) is 51.7. The molecule has 378 valence electrons. The molecule has 1 aromatic heterocycles. The molecule has 1 saturated heterocycles. The van der Waals surface area contributed by atoms with E-state index in [0.717, 1.165) is 63.8 Å². The van der Waals surface area contributed by atoms with Crippen molar-refractivity contribution in [2.75, 3.05) is 49.0 Å². The third-order valence-corrected chi connectivity index (χ3v) is 12.2. The second-order valence-corrected chi connectivity index (χ2v) is 20.5. The summed E-state index contributed by atoms with van der Waals surface area (Å²) in [6.07, 6.45) is 1.43. The van der Waals surface area contributed by atoms with E-state index in [1.165, 1.54) is 4.90 Å². The number of amides is 4. The van der Waals surface area contributed by atoms with Crippen LogP contribution in [0.5, 0.6) is 17.2 Å². The molecule has 5 aromatic carbocycles. The number of aromatic nitrogens is 2. The molecule has 72 heavy (non-hydrogen) atoms. The largest absolute Gasteiger partial charge is 0.492 e. The maximum Gasteiger partial charge on any atom is 0.414 e. The lowest BCUT2D eigenvalue weighted by molar-refractivity contribution is -0.119. The summed E-state index contributed by atoms with van der Waals surface area (Å²) < 4.78 is 31.8. The third kappa shape index (κ3) is 13.9. The van der Waals surface area contributed by atoms with Gasteiger partial charge in [0.25, 0.3) is 11.1 Å². The Kier molecular flexibility index (Phi) is 16.5. The molecule has 2 N–H and O–H groups in total. The van der Waals surface area contributed by atoms with Gasteiger partial charge in [-0.1, -0.05) is 61.2 Å². The number of esters is 1. The summed E-state index contributed by atoms with van der Waals surface area (Å²) in [6.45, 7) is 13.7. The summed E-state index contributed by atoms with van der Waals surface area (Å²) >= 11 is 0.965. The zero-order valence-corrected chi connectivity index (χ0v) is 43.0. The molecular weight excluding hydrogens is 937 g/mol. The molecule has 6 aromatic rings. The molecule has 1 atom stereocenters. The number of imidazole rings is 1. The second kappa shape index (κ2) is 22.7. The van der Waals surface area contributed by atoms with Crippen molar-refractivity contribution in [3.63, 3.8) is 0 Å². The van der Waals surface area contributed by atoms with Gasteiger partial charge in [0.1, 0.15) is 40.9 Å². The zero-order valence-electron chi connectivity index (χ0n) is 42.2.